The van der Waals surface area contributed by atoms with Crippen LogP contribution in [0.25, 0.3) is 0 Å². The smallest absolute Gasteiger partial charge is 0.292 e. The summed E-state index contributed by atoms with van der Waals surface area (Å²) in [5.41, 5.74) is 1.30. The molecule has 18 heavy (non-hydrogen) atoms. The fourth-order valence-electron chi connectivity index (χ4n) is 1.44. The first-order valence-electron chi connectivity index (χ1n) is 5.84. The molecule has 0 bridgehead atoms. The molecule has 0 radical (unpaired) electrons. The first-order chi connectivity index (χ1) is 8.54. The minimum absolute atomic E-state index is 0.0367. The molecule has 2 N–H and O–H groups in total. The van der Waals surface area contributed by atoms with Crippen molar-refractivity contribution < 1.29 is 4.92 Å². The highest BCUT2D eigenvalue weighted by Gasteiger charge is 2.14. The number of aryl methyl sites for hydroxylation is 1. The molecular formula is C12H17N3O2S. The van der Waals surface area contributed by atoms with Crippen molar-refractivity contribution in [3.8, 4) is 0 Å². The van der Waals surface area contributed by atoms with Crippen LogP contribution >= 0.6 is 12.2 Å². The molecule has 0 saturated heterocycles. The number of anilines is 1. The van der Waals surface area contributed by atoms with E-state index in [0.717, 1.165) is 24.9 Å². The maximum atomic E-state index is 10.9. The number of rotatable bonds is 5. The maximum Gasteiger partial charge on any atom is 0.292 e. The van der Waals surface area contributed by atoms with Gasteiger partial charge in [-0.05, 0) is 37.2 Å². The van der Waals surface area contributed by atoms with Gasteiger partial charge >= 0.3 is 0 Å². The average molecular weight is 267 g/mol. The predicted molar refractivity (Wildman–Crippen MR) is 77.0 cm³/mol. The quantitative estimate of drug-likeness (QED) is 0.371. The standard InChI is InChI=1S/C12H17N3O2S/c1-3-4-7-13-12(18)14-10-6-5-9(2)8-11(10)15(16)17/h5-6,8H,3-4,7H2,1-2H3,(H2,13,14,18). The Labute approximate surface area is 112 Å². The third-order valence-electron chi connectivity index (χ3n) is 2.41. The van der Waals surface area contributed by atoms with Crippen LogP contribution in [0.1, 0.15) is 25.3 Å². The molecule has 0 aliphatic heterocycles. The van der Waals surface area contributed by atoms with E-state index in [2.05, 4.69) is 17.6 Å². The van der Waals surface area contributed by atoms with E-state index in [-0.39, 0.29) is 5.69 Å². The van der Waals surface area contributed by atoms with Crippen LogP contribution in [-0.4, -0.2) is 16.6 Å². The van der Waals surface area contributed by atoms with Gasteiger partial charge in [-0.3, -0.25) is 10.1 Å². The van der Waals surface area contributed by atoms with E-state index in [0.29, 0.717) is 10.8 Å². The summed E-state index contributed by atoms with van der Waals surface area (Å²) in [6.45, 7) is 4.67. The molecular weight excluding hydrogens is 250 g/mol. The van der Waals surface area contributed by atoms with Crippen LogP contribution in [0.4, 0.5) is 11.4 Å². The molecule has 1 aromatic carbocycles. The third kappa shape index (κ3) is 4.29. The zero-order valence-corrected chi connectivity index (χ0v) is 11.3. The van der Waals surface area contributed by atoms with E-state index in [1.165, 1.54) is 6.07 Å². The summed E-state index contributed by atoms with van der Waals surface area (Å²) in [5, 5.41) is 17.2. The fourth-order valence-corrected chi connectivity index (χ4v) is 1.66. The van der Waals surface area contributed by atoms with Crippen molar-refractivity contribution in [1.29, 1.82) is 0 Å². The monoisotopic (exact) mass is 267 g/mol. The average Bonchev–Trinajstić information content (AvgIpc) is 2.31. The molecule has 0 amide bonds. The molecule has 1 rings (SSSR count). The number of nitro groups is 1. The molecule has 0 saturated carbocycles. The van der Waals surface area contributed by atoms with E-state index in [1.54, 1.807) is 6.07 Å². The van der Waals surface area contributed by atoms with Gasteiger partial charge in [-0.15, -0.1) is 0 Å². The number of hydrogen-bond acceptors (Lipinski definition) is 3. The molecule has 0 aliphatic rings. The van der Waals surface area contributed by atoms with Crippen molar-refractivity contribution >= 4 is 28.7 Å². The van der Waals surface area contributed by atoms with Crippen LogP contribution in [0.15, 0.2) is 18.2 Å². The van der Waals surface area contributed by atoms with Crippen molar-refractivity contribution in [2.45, 2.75) is 26.7 Å². The lowest BCUT2D eigenvalue weighted by molar-refractivity contribution is -0.383. The second-order valence-electron chi connectivity index (χ2n) is 4.01. The summed E-state index contributed by atoms with van der Waals surface area (Å²) >= 11 is 5.08. The Bertz CT molecular complexity index is 449. The van der Waals surface area contributed by atoms with Crippen molar-refractivity contribution in [2.24, 2.45) is 0 Å². The summed E-state index contributed by atoms with van der Waals surface area (Å²) in [6, 6.07) is 5.00. The Hall–Kier alpha value is -1.69. The van der Waals surface area contributed by atoms with Gasteiger partial charge in [0.1, 0.15) is 5.69 Å². The van der Waals surface area contributed by atoms with Gasteiger partial charge in [-0.25, -0.2) is 0 Å². The van der Waals surface area contributed by atoms with Gasteiger partial charge in [-0.2, -0.15) is 0 Å². The normalized spacial score (nSPS) is 9.89. The minimum atomic E-state index is -0.413. The zero-order valence-electron chi connectivity index (χ0n) is 10.5. The van der Waals surface area contributed by atoms with Gasteiger partial charge < -0.3 is 10.6 Å². The zero-order chi connectivity index (χ0) is 13.5. The van der Waals surface area contributed by atoms with E-state index < -0.39 is 4.92 Å². The highest BCUT2D eigenvalue weighted by molar-refractivity contribution is 7.80. The summed E-state index contributed by atoms with van der Waals surface area (Å²) in [4.78, 5) is 10.5. The van der Waals surface area contributed by atoms with Crippen molar-refractivity contribution in [2.75, 3.05) is 11.9 Å². The summed E-state index contributed by atoms with van der Waals surface area (Å²) in [6.07, 6.45) is 2.08. The van der Waals surface area contributed by atoms with Crippen molar-refractivity contribution in [3.05, 3.63) is 33.9 Å². The molecule has 98 valence electrons. The van der Waals surface area contributed by atoms with Crippen molar-refractivity contribution in [1.82, 2.24) is 5.32 Å². The Morgan fingerprint density at radius 1 is 1.50 bits per heavy atom. The maximum absolute atomic E-state index is 10.9. The van der Waals surface area contributed by atoms with Crippen LogP contribution in [0.5, 0.6) is 0 Å². The summed E-state index contributed by atoms with van der Waals surface area (Å²) < 4.78 is 0. The molecule has 0 atom stereocenters. The third-order valence-corrected chi connectivity index (χ3v) is 2.66. The summed E-state index contributed by atoms with van der Waals surface area (Å²) in [7, 11) is 0. The fraction of sp³-hybridized carbons (Fsp3) is 0.417. The van der Waals surface area contributed by atoms with Gasteiger partial charge in [0.2, 0.25) is 0 Å². The number of thiocarbonyl (C=S) groups is 1. The van der Waals surface area contributed by atoms with Crippen molar-refractivity contribution in [3.63, 3.8) is 0 Å². The second-order valence-corrected chi connectivity index (χ2v) is 4.42. The molecule has 5 nitrogen and oxygen atoms in total. The lowest BCUT2D eigenvalue weighted by Gasteiger charge is -2.10. The van der Waals surface area contributed by atoms with E-state index >= 15 is 0 Å². The number of nitrogens with one attached hydrogen (secondary N) is 2. The van der Waals surface area contributed by atoms with Gasteiger partial charge in [0, 0.05) is 12.6 Å². The van der Waals surface area contributed by atoms with Gasteiger partial charge in [0.05, 0.1) is 4.92 Å². The largest absolute Gasteiger partial charge is 0.362 e. The first-order valence-corrected chi connectivity index (χ1v) is 6.25. The van der Waals surface area contributed by atoms with Crippen LogP contribution in [-0.2, 0) is 0 Å². The van der Waals surface area contributed by atoms with Gasteiger partial charge in [-0.1, -0.05) is 19.4 Å². The van der Waals surface area contributed by atoms with Crippen LogP contribution in [0.2, 0.25) is 0 Å². The Morgan fingerprint density at radius 3 is 2.83 bits per heavy atom. The molecule has 6 heteroatoms. The molecule has 0 aromatic heterocycles. The number of nitrogens with zero attached hydrogens (tertiary/aromatic N) is 1. The predicted octanol–water partition coefficient (Wildman–Crippen LogP) is 2.99. The topological polar surface area (TPSA) is 67.2 Å². The lowest BCUT2D eigenvalue weighted by Crippen LogP contribution is -2.29. The van der Waals surface area contributed by atoms with Crippen LogP contribution < -0.4 is 10.6 Å². The number of hydrogen-bond donors (Lipinski definition) is 2. The SMILES string of the molecule is CCCCNC(=S)Nc1ccc(C)cc1[N+](=O)[O-]. The number of unbranched alkanes of at least 4 members (excludes halogenated alkanes) is 1. The molecule has 0 heterocycles. The van der Waals surface area contributed by atoms with Gasteiger partial charge in [0.25, 0.3) is 5.69 Å². The highest BCUT2D eigenvalue weighted by atomic mass is 32.1. The van der Waals surface area contributed by atoms with Crippen LogP contribution in [0, 0.1) is 17.0 Å². The van der Waals surface area contributed by atoms with Crippen LogP contribution in [0.3, 0.4) is 0 Å². The Balaban J connectivity index is 2.72. The Morgan fingerprint density at radius 2 is 2.22 bits per heavy atom. The minimum Gasteiger partial charge on any atom is -0.362 e. The highest BCUT2D eigenvalue weighted by Crippen LogP contribution is 2.25. The van der Waals surface area contributed by atoms with E-state index in [9.17, 15) is 10.1 Å². The molecule has 0 fully saturated rings. The Kier molecular flexibility index (Phi) is 5.51. The lowest BCUT2D eigenvalue weighted by atomic mass is 10.2. The van der Waals surface area contributed by atoms with Gasteiger partial charge in [0.15, 0.2) is 5.11 Å². The molecule has 0 unspecified atom stereocenters. The molecule has 0 aliphatic carbocycles. The van der Waals surface area contributed by atoms with E-state index in [4.69, 9.17) is 12.2 Å². The van der Waals surface area contributed by atoms with E-state index in [1.807, 2.05) is 13.0 Å². The molecule has 0 spiro atoms. The molecule has 1 aromatic rings. The summed E-state index contributed by atoms with van der Waals surface area (Å²) in [5.74, 6) is 0. The number of nitro benzene ring substituents is 1. The second kappa shape index (κ2) is 6.90. The number of benzene rings is 1. The first kappa shape index (κ1) is 14.4.